The minimum atomic E-state index is 0.0308. The number of ether oxygens (including phenoxy) is 3. The van der Waals surface area contributed by atoms with Crippen LogP contribution in [-0.4, -0.2) is 63.8 Å². The lowest BCUT2D eigenvalue weighted by Gasteiger charge is -2.18. The molecule has 0 aliphatic carbocycles. The molecule has 2 aromatic carbocycles. The van der Waals surface area contributed by atoms with Crippen molar-refractivity contribution in [3.63, 3.8) is 0 Å². The molecule has 196 valence electrons. The van der Waals surface area contributed by atoms with Crippen molar-refractivity contribution < 1.29 is 19.0 Å². The quantitative estimate of drug-likeness (QED) is 0.317. The fraction of sp³-hybridized carbons (Fsp3) is 0.333. The van der Waals surface area contributed by atoms with Gasteiger partial charge in [-0.15, -0.1) is 0 Å². The number of rotatable bonds is 14. The van der Waals surface area contributed by atoms with Gasteiger partial charge in [0.05, 0.1) is 21.3 Å². The van der Waals surface area contributed by atoms with Crippen LogP contribution >= 0.6 is 0 Å². The number of nitrogens with zero attached hydrogens (tertiary/aromatic N) is 2. The van der Waals surface area contributed by atoms with Crippen LogP contribution in [0.5, 0.6) is 17.2 Å². The third-order valence-corrected chi connectivity index (χ3v) is 6.06. The molecule has 1 amide bonds. The van der Waals surface area contributed by atoms with E-state index in [1.807, 2.05) is 54.7 Å². The van der Waals surface area contributed by atoms with Crippen molar-refractivity contribution in [3.05, 3.63) is 78.1 Å². The molecular formula is C30H37N3O4. The SMILES string of the molecule is COc1cc(CCN(C)CCCNC(=O)C/C=C/c2ccc(-c3cccnc3)cc2)cc(OC)c1OC. The Bertz CT molecular complexity index is 1120. The molecule has 0 aliphatic heterocycles. The molecule has 3 rings (SSSR count). The number of likely N-dealkylation sites (N-methyl/N-ethyl adjacent to an activating group) is 1. The van der Waals surface area contributed by atoms with Gasteiger partial charge in [0.1, 0.15) is 0 Å². The van der Waals surface area contributed by atoms with E-state index in [1.54, 1.807) is 27.5 Å². The molecule has 0 fully saturated rings. The molecule has 0 saturated heterocycles. The molecule has 1 heterocycles. The van der Waals surface area contributed by atoms with E-state index in [0.29, 0.717) is 30.2 Å². The predicted molar refractivity (Wildman–Crippen MR) is 148 cm³/mol. The van der Waals surface area contributed by atoms with Gasteiger partial charge in [-0.3, -0.25) is 9.78 Å². The summed E-state index contributed by atoms with van der Waals surface area (Å²) in [6, 6.07) is 16.2. The Morgan fingerprint density at radius 1 is 0.973 bits per heavy atom. The van der Waals surface area contributed by atoms with E-state index in [2.05, 4.69) is 34.4 Å². The van der Waals surface area contributed by atoms with Crippen LogP contribution in [0, 0.1) is 0 Å². The standard InChI is InChI=1S/C30H37N3O4/c1-33(19-15-24-20-27(35-2)30(37-4)28(21-24)36-3)18-7-17-32-29(34)10-5-8-23-11-13-25(14-12-23)26-9-6-16-31-22-26/h5-6,8-9,11-14,16,20-22H,7,10,15,17-19H2,1-4H3,(H,32,34)/b8-5+. The highest BCUT2D eigenvalue weighted by atomic mass is 16.5. The normalized spacial score (nSPS) is 11.1. The maximum Gasteiger partial charge on any atom is 0.223 e. The van der Waals surface area contributed by atoms with Crippen molar-refractivity contribution in [2.24, 2.45) is 0 Å². The molecular weight excluding hydrogens is 466 g/mol. The summed E-state index contributed by atoms with van der Waals surface area (Å²) in [4.78, 5) is 18.6. The second kappa shape index (κ2) is 14.7. The summed E-state index contributed by atoms with van der Waals surface area (Å²) < 4.78 is 16.3. The number of aromatic nitrogens is 1. The summed E-state index contributed by atoms with van der Waals surface area (Å²) in [6.45, 7) is 2.43. The minimum Gasteiger partial charge on any atom is -0.493 e. The molecule has 0 unspecified atom stereocenters. The Kier molecular flexibility index (Phi) is 11.0. The van der Waals surface area contributed by atoms with E-state index in [9.17, 15) is 4.79 Å². The van der Waals surface area contributed by atoms with Crippen LogP contribution in [0.2, 0.25) is 0 Å². The third kappa shape index (κ3) is 8.65. The minimum absolute atomic E-state index is 0.0308. The first-order chi connectivity index (χ1) is 18.0. The maximum atomic E-state index is 12.2. The van der Waals surface area contributed by atoms with E-state index in [-0.39, 0.29) is 5.91 Å². The highest BCUT2D eigenvalue weighted by Crippen LogP contribution is 2.38. The maximum absolute atomic E-state index is 12.2. The van der Waals surface area contributed by atoms with Crippen LogP contribution < -0.4 is 19.5 Å². The van der Waals surface area contributed by atoms with Crippen molar-refractivity contribution in [3.8, 4) is 28.4 Å². The smallest absolute Gasteiger partial charge is 0.223 e. The van der Waals surface area contributed by atoms with Crippen molar-refractivity contribution >= 4 is 12.0 Å². The van der Waals surface area contributed by atoms with Crippen LogP contribution in [0.15, 0.2) is 67.0 Å². The topological polar surface area (TPSA) is 72.9 Å². The molecule has 7 nitrogen and oxygen atoms in total. The van der Waals surface area contributed by atoms with Gasteiger partial charge >= 0.3 is 0 Å². The summed E-state index contributed by atoms with van der Waals surface area (Å²) in [7, 11) is 6.94. The van der Waals surface area contributed by atoms with Crippen molar-refractivity contribution in [2.75, 3.05) is 48.0 Å². The zero-order chi connectivity index (χ0) is 26.5. The molecule has 37 heavy (non-hydrogen) atoms. The van der Waals surface area contributed by atoms with Gasteiger partial charge < -0.3 is 24.4 Å². The molecule has 7 heteroatoms. The number of hydrogen-bond acceptors (Lipinski definition) is 6. The number of amides is 1. The summed E-state index contributed by atoms with van der Waals surface area (Å²) in [5.74, 6) is 1.96. The second-order valence-corrected chi connectivity index (χ2v) is 8.76. The fourth-order valence-corrected chi connectivity index (χ4v) is 3.98. The molecule has 0 bridgehead atoms. The van der Waals surface area contributed by atoms with Crippen LogP contribution in [-0.2, 0) is 11.2 Å². The molecule has 0 aliphatic rings. The zero-order valence-corrected chi connectivity index (χ0v) is 22.2. The van der Waals surface area contributed by atoms with E-state index in [1.165, 1.54) is 0 Å². The van der Waals surface area contributed by atoms with Gasteiger partial charge in [-0.05, 0) is 66.9 Å². The largest absolute Gasteiger partial charge is 0.493 e. The lowest BCUT2D eigenvalue weighted by atomic mass is 10.1. The lowest BCUT2D eigenvalue weighted by molar-refractivity contribution is -0.120. The van der Waals surface area contributed by atoms with E-state index in [0.717, 1.165) is 48.2 Å². The van der Waals surface area contributed by atoms with Crippen molar-refractivity contribution in [2.45, 2.75) is 19.3 Å². The Morgan fingerprint density at radius 3 is 2.32 bits per heavy atom. The number of carbonyl (C=O) groups is 1. The van der Waals surface area contributed by atoms with Crippen molar-refractivity contribution in [1.29, 1.82) is 0 Å². The highest BCUT2D eigenvalue weighted by Gasteiger charge is 2.13. The lowest BCUT2D eigenvalue weighted by Crippen LogP contribution is -2.28. The molecule has 0 atom stereocenters. The number of hydrogen-bond donors (Lipinski definition) is 1. The molecule has 1 N–H and O–H groups in total. The van der Waals surface area contributed by atoms with Gasteiger partial charge in [0.15, 0.2) is 11.5 Å². The number of carbonyl (C=O) groups excluding carboxylic acids is 1. The average Bonchev–Trinajstić information content (AvgIpc) is 2.94. The van der Waals surface area contributed by atoms with Gasteiger partial charge in [-0.1, -0.05) is 42.5 Å². The predicted octanol–water partition coefficient (Wildman–Crippen LogP) is 4.86. The number of pyridine rings is 1. The van der Waals surface area contributed by atoms with Crippen LogP contribution in [0.1, 0.15) is 24.0 Å². The van der Waals surface area contributed by atoms with Crippen LogP contribution in [0.25, 0.3) is 17.2 Å². The molecule has 3 aromatic rings. The first-order valence-corrected chi connectivity index (χ1v) is 12.4. The zero-order valence-electron chi connectivity index (χ0n) is 22.2. The summed E-state index contributed by atoms with van der Waals surface area (Å²) in [5, 5.41) is 3.00. The number of nitrogens with one attached hydrogen (secondary N) is 1. The van der Waals surface area contributed by atoms with Gasteiger partial charge in [-0.2, -0.15) is 0 Å². The molecule has 0 radical (unpaired) electrons. The number of methoxy groups -OCH3 is 3. The molecule has 0 spiro atoms. The number of benzene rings is 2. The Morgan fingerprint density at radius 2 is 1.70 bits per heavy atom. The van der Waals surface area contributed by atoms with Crippen molar-refractivity contribution in [1.82, 2.24) is 15.2 Å². The monoisotopic (exact) mass is 503 g/mol. The van der Waals surface area contributed by atoms with Crippen LogP contribution in [0.3, 0.4) is 0 Å². The summed E-state index contributed by atoms with van der Waals surface area (Å²) in [5.41, 5.74) is 4.39. The third-order valence-electron chi connectivity index (χ3n) is 6.06. The molecule has 1 aromatic heterocycles. The van der Waals surface area contributed by atoms with Gasteiger partial charge in [0.25, 0.3) is 0 Å². The highest BCUT2D eigenvalue weighted by molar-refractivity contribution is 5.78. The first-order valence-electron chi connectivity index (χ1n) is 12.4. The summed E-state index contributed by atoms with van der Waals surface area (Å²) in [6.07, 6.45) is 9.60. The molecule has 0 saturated carbocycles. The van der Waals surface area contributed by atoms with Crippen LogP contribution in [0.4, 0.5) is 0 Å². The van der Waals surface area contributed by atoms with Gasteiger partial charge in [0, 0.05) is 31.9 Å². The Balaban J connectivity index is 1.34. The van der Waals surface area contributed by atoms with E-state index < -0.39 is 0 Å². The van der Waals surface area contributed by atoms with Gasteiger partial charge in [-0.25, -0.2) is 0 Å². The Labute approximate surface area is 220 Å². The second-order valence-electron chi connectivity index (χ2n) is 8.76. The fourth-order valence-electron chi connectivity index (χ4n) is 3.98. The Hall–Kier alpha value is -3.84. The van der Waals surface area contributed by atoms with Gasteiger partial charge in [0.2, 0.25) is 11.7 Å². The first kappa shape index (κ1) is 27.7. The summed E-state index contributed by atoms with van der Waals surface area (Å²) >= 11 is 0. The average molecular weight is 504 g/mol. The van der Waals surface area contributed by atoms with E-state index in [4.69, 9.17) is 14.2 Å². The van der Waals surface area contributed by atoms with E-state index >= 15 is 0 Å².